The molecule has 1 aliphatic rings. The van der Waals surface area contributed by atoms with E-state index in [2.05, 4.69) is 16.4 Å². The van der Waals surface area contributed by atoms with E-state index in [0.29, 0.717) is 23.5 Å². The largest absolute Gasteiger partial charge is 0.444 e. The highest BCUT2D eigenvalue weighted by atomic mass is 16.6. The van der Waals surface area contributed by atoms with Gasteiger partial charge in [0.15, 0.2) is 0 Å². The summed E-state index contributed by atoms with van der Waals surface area (Å²) in [6, 6.07) is 13.1. The Morgan fingerprint density at radius 1 is 1.25 bits per heavy atom. The van der Waals surface area contributed by atoms with Gasteiger partial charge in [-0.15, -0.1) is 0 Å². The molecule has 1 N–H and O–H groups in total. The summed E-state index contributed by atoms with van der Waals surface area (Å²) in [4.78, 5) is 30.5. The minimum Gasteiger partial charge on any atom is -0.444 e. The lowest BCUT2D eigenvalue weighted by molar-refractivity contribution is -0.125. The van der Waals surface area contributed by atoms with Crippen LogP contribution in [0.25, 0.3) is 0 Å². The molecule has 1 aromatic carbocycles. The number of carbonyl (C=O) groups is 2. The number of rotatable bonds is 7. The number of anilines is 1. The Labute approximate surface area is 190 Å². The van der Waals surface area contributed by atoms with Gasteiger partial charge in [0.25, 0.3) is 0 Å². The highest BCUT2D eigenvalue weighted by Crippen LogP contribution is 2.50. The van der Waals surface area contributed by atoms with Crippen molar-refractivity contribution in [3.63, 3.8) is 0 Å². The van der Waals surface area contributed by atoms with Gasteiger partial charge in [0.1, 0.15) is 23.1 Å². The number of pyridine rings is 1. The molecule has 0 bridgehead atoms. The SMILES string of the molecule is CCc1ccc(C(Cc2cccc(C#N)n2)C(=O)C2(C)CC2)c(NC(=O)OC(C)(C)C)c1. The van der Waals surface area contributed by atoms with Crippen LogP contribution in [0.1, 0.15) is 75.9 Å². The van der Waals surface area contributed by atoms with Gasteiger partial charge in [-0.3, -0.25) is 10.1 Å². The molecule has 0 saturated heterocycles. The lowest BCUT2D eigenvalue weighted by Crippen LogP contribution is -2.29. The molecule has 6 nitrogen and oxygen atoms in total. The van der Waals surface area contributed by atoms with Gasteiger partial charge in [-0.25, -0.2) is 9.78 Å². The maximum atomic E-state index is 13.6. The molecule has 1 unspecified atom stereocenters. The average Bonchev–Trinajstić information content (AvgIpc) is 3.49. The predicted molar refractivity (Wildman–Crippen MR) is 123 cm³/mol. The number of ketones is 1. The van der Waals surface area contributed by atoms with E-state index in [-0.39, 0.29) is 11.2 Å². The molecule has 0 radical (unpaired) electrons. The number of aromatic nitrogens is 1. The van der Waals surface area contributed by atoms with Crippen LogP contribution < -0.4 is 5.32 Å². The summed E-state index contributed by atoms with van der Waals surface area (Å²) < 4.78 is 5.46. The molecule has 2 aromatic rings. The Morgan fingerprint density at radius 3 is 2.56 bits per heavy atom. The second-order valence-electron chi connectivity index (χ2n) is 9.71. The van der Waals surface area contributed by atoms with Gasteiger partial charge in [0.2, 0.25) is 0 Å². The monoisotopic (exact) mass is 433 g/mol. The highest BCUT2D eigenvalue weighted by molar-refractivity contribution is 5.96. The summed E-state index contributed by atoms with van der Waals surface area (Å²) in [6.07, 6.45) is 2.32. The van der Waals surface area contributed by atoms with Gasteiger partial charge < -0.3 is 4.74 Å². The third kappa shape index (κ3) is 5.73. The number of benzene rings is 1. The molecule has 32 heavy (non-hydrogen) atoms. The first-order valence-corrected chi connectivity index (χ1v) is 11.1. The average molecular weight is 434 g/mol. The van der Waals surface area contributed by atoms with Crippen LogP contribution in [0.15, 0.2) is 36.4 Å². The number of aryl methyl sites for hydroxylation is 1. The predicted octanol–water partition coefficient (Wildman–Crippen LogP) is 5.56. The van der Waals surface area contributed by atoms with Gasteiger partial charge >= 0.3 is 6.09 Å². The second-order valence-corrected chi connectivity index (χ2v) is 9.71. The zero-order chi connectivity index (χ0) is 23.5. The molecular formula is C26H31N3O3. The molecule has 1 aliphatic carbocycles. The first-order chi connectivity index (χ1) is 15.0. The van der Waals surface area contributed by atoms with Crippen molar-refractivity contribution in [2.75, 3.05) is 5.32 Å². The number of nitriles is 1. The molecule has 1 atom stereocenters. The van der Waals surface area contributed by atoms with Crippen LogP contribution in [0, 0.1) is 16.7 Å². The van der Waals surface area contributed by atoms with Crippen LogP contribution in [-0.4, -0.2) is 22.5 Å². The first-order valence-electron chi connectivity index (χ1n) is 11.1. The zero-order valence-corrected chi connectivity index (χ0v) is 19.5. The fourth-order valence-electron chi connectivity index (χ4n) is 3.71. The van der Waals surface area contributed by atoms with E-state index >= 15 is 0 Å². The number of carbonyl (C=O) groups excluding carboxylic acids is 2. The fourth-order valence-corrected chi connectivity index (χ4v) is 3.71. The van der Waals surface area contributed by atoms with Crippen molar-refractivity contribution in [1.29, 1.82) is 5.26 Å². The number of ether oxygens (including phenoxy) is 1. The van der Waals surface area contributed by atoms with Crippen molar-refractivity contribution in [3.8, 4) is 6.07 Å². The topological polar surface area (TPSA) is 92.1 Å². The summed E-state index contributed by atoms with van der Waals surface area (Å²) >= 11 is 0. The number of hydrogen-bond donors (Lipinski definition) is 1. The maximum Gasteiger partial charge on any atom is 0.412 e. The van der Waals surface area contributed by atoms with E-state index < -0.39 is 17.6 Å². The molecule has 1 aromatic heterocycles. The molecule has 0 spiro atoms. The quantitative estimate of drug-likeness (QED) is 0.617. The minimum absolute atomic E-state index is 0.137. The number of nitrogens with zero attached hydrogens (tertiary/aromatic N) is 2. The second kappa shape index (κ2) is 9.12. The van der Waals surface area contributed by atoms with Crippen molar-refractivity contribution < 1.29 is 14.3 Å². The Morgan fingerprint density at radius 2 is 1.97 bits per heavy atom. The standard InChI is InChI=1S/C26H31N3O3/c1-6-17-10-11-20(22(14-17)29-24(31)32-25(2,3)4)21(23(30)26(5)12-13-26)15-18-8-7-9-19(16-27)28-18/h7-11,14,21H,6,12-13,15H2,1-5H3,(H,29,31). The maximum absolute atomic E-state index is 13.6. The van der Waals surface area contributed by atoms with E-state index in [1.165, 1.54) is 0 Å². The summed E-state index contributed by atoms with van der Waals surface area (Å²) in [5.74, 6) is -0.349. The Bertz CT molecular complexity index is 1060. The van der Waals surface area contributed by atoms with E-state index in [1.54, 1.807) is 12.1 Å². The van der Waals surface area contributed by atoms with E-state index in [1.807, 2.05) is 58.9 Å². The smallest absolute Gasteiger partial charge is 0.412 e. The highest BCUT2D eigenvalue weighted by Gasteiger charge is 2.48. The van der Waals surface area contributed by atoms with Gasteiger partial charge in [0, 0.05) is 23.2 Å². The third-order valence-corrected chi connectivity index (χ3v) is 5.78. The van der Waals surface area contributed by atoms with Crippen molar-refractivity contribution in [2.24, 2.45) is 5.41 Å². The normalized spacial score (nSPS) is 15.4. The third-order valence-electron chi connectivity index (χ3n) is 5.78. The van der Waals surface area contributed by atoms with E-state index in [4.69, 9.17) is 4.74 Å². The van der Waals surface area contributed by atoms with Crippen LogP contribution in [0.5, 0.6) is 0 Å². The summed E-state index contributed by atoms with van der Waals surface area (Å²) in [6.45, 7) is 9.46. The van der Waals surface area contributed by atoms with E-state index in [9.17, 15) is 14.9 Å². The Kier molecular flexibility index (Phi) is 6.68. The van der Waals surface area contributed by atoms with E-state index in [0.717, 1.165) is 30.4 Å². The number of amides is 1. The molecule has 6 heteroatoms. The number of nitrogens with one attached hydrogen (secondary N) is 1. The number of Topliss-reactive ketones (excluding diaryl/α,β-unsaturated/α-hetero) is 1. The van der Waals surface area contributed by atoms with Crippen LogP contribution >= 0.6 is 0 Å². The van der Waals surface area contributed by atoms with Crippen LogP contribution in [0.4, 0.5) is 10.5 Å². The van der Waals surface area contributed by atoms with Crippen LogP contribution in [0.3, 0.4) is 0 Å². The van der Waals surface area contributed by atoms with Gasteiger partial charge in [-0.2, -0.15) is 5.26 Å². The summed E-state index contributed by atoms with van der Waals surface area (Å²) in [7, 11) is 0. The van der Waals surface area contributed by atoms with Crippen molar-refractivity contribution >= 4 is 17.6 Å². The molecule has 1 amide bonds. The molecule has 1 heterocycles. The Balaban J connectivity index is 2.02. The van der Waals surface area contributed by atoms with Gasteiger partial charge in [-0.1, -0.05) is 32.0 Å². The first kappa shape index (κ1) is 23.5. The molecule has 1 fully saturated rings. The van der Waals surface area contributed by atoms with Crippen molar-refractivity contribution in [2.45, 2.75) is 71.8 Å². The molecular weight excluding hydrogens is 402 g/mol. The summed E-state index contributed by atoms with van der Waals surface area (Å²) in [5.41, 5.74) is 2.38. The van der Waals surface area contributed by atoms with Crippen molar-refractivity contribution in [1.82, 2.24) is 4.98 Å². The van der Waals surface area contributed by atoms with Crippen LogP contribution in [-0.2, 0) is 22.4 Å². The molecule has 3 rings (SSSR count). The molecule has 168 valence electrons. The lowest BCUT2D eigenvalue weighted by Gasteiger charge is -2.25. The van der Waals surface area contributed by atoms with Gasteiger partial charge in [-0.05, 0) is 69.4 Å². The number of hydrogen-bond acceptors (Lipinski definition) is 5. The zero-order valence-electron chi connectivity index (χ0n) is 19.5. The van der Waals surface area contributed by atoms with Crippen LogP contribution in [0.2, 0.25) is 0 Å². The Hall–Kier alpha value is -3.20. The molecule has 0 aliphatic heterocycles. The fraction of sp³-hybridized carbons (Fsp3) is 0.462. The van der Waals surface area contributed by atoms with Gasteiger partial charge in [0.05, 0.1) is 5.92 Å². The molecule has 1 saturated carbocycles. The summed E-state index contributed by atoms with van der Waals surface area (Å²) in [5, 5.41) is 12.1. The lowest BCUT2D eigenvalue weighted by atomic mass is 9.82. The minimum atomic E-state index is -0.634. The van der Waals surface area contributed by atoms with Crippen molar-refractivity contribution in [3.05, 3.63) is 58.9 Å².